The summed E-state index contributed by atoms with van der Waals surface area (Å²) in [5.74, 6) is 1.43. The number of aryl methyl sites for hydroxylation is 1. The lowest BCUT2D eigenvalue weighted by atomic mass is 10.1. The number of hydrogen-bond donors (Lipinski definition) is 1. The Morgan fingerprint density at radius 3 is 2.62 bits per heavy atom. The van der Waals surface area contributed by atoms with Gasteiger partial charge < -0.3 is 15.0 Å². The Balaban J connectivity index is 1.72. The van der Waals surface area contributed by atoms with Gasteiger partial charge in [0.15, 0.2) is 0 Å². The van der Waals surface area contributed by atoms with Crippen molar-refractivity contribution >= 4 is 34.7 Å². The second kappa shape index (κ2) is 10.8. The summed E-state index contributed by atoms with van der Waals surface area (Å²) in [6.07, 6.45) is 2.29. The molecule has 0 saturated carbocycles. The molecule has 3 heterocycles. The second-order valence-electron chi connectivity index (χ2n) is 8.12. The van der Waals surface area contributed by atoms with Gasteiger partial charge in [-0.15, -0.1) is 0 Å². The van der Waals surface area contributed by atoms with Crippen LogP contribution >= 0.6 is 23.2 Å². The molecule has 0 radical (unpaired) electrons. The fourth-order valence-corrected chi connectivity index (χ4v) is 4.87. The molecule has 0 bridgehead atoms. The van der Waals surface area contributed by atoms with E-state index in [9.17, 15) is 4.79 Å². The zero-order chi connectivity index (χ0) is 24.2. The molecule has 2 atom stereocenters. The van der Waals surface area contributed by atoms with Crippen LogP contribution in [0.2, 0.25) is 10.0 Å². The van der Waals surface area contributed by atoms with Crippen LogP contribution in [0.5, 0.6) is 0 Å². The van der Waals surface area contributed by atoms with Gasteiger partial charge in [-0.3, -0.25) is 9.36 Å². The Bertz CT molecular complexity index is 1200. The molecule has 1 N–H and O–H groups in total. The Morgan fingerprint density at radius 1 is 1.15 bits per heavy atom. The zero-order valence-electron chi connectivity index (χ0n) is 19.6. The quantitative estimate of drug-likeness (QED) is 0.473. The van der Waals surface area contributed by atoms with E-state index < -0.39 is 0 Å². The molecule has 0 aliphatic carbocycles. The number of hydrogen-bond acceptors (Lipinski definition) is 6. The lowest BCUT2D eigenvalue weighted by Crippen LogP contribution is -2.38. The van der Waals surface area contributed by atoms with Gasteiger partial charge in [0.25, 0.3) is 5.56 Å². The van der Waals surface area contributed by atoms with Gasteiger partial charge >= 0.3 is 0 Å². The van der Waals surface area contributed by atoms with E-state index in [0.717, 1.165) is 5.82 Å². The molecular formula is C25H29Cl2N5O2. The van der Waals surface area contributed by atoms with Crippen molar-refractivity contribution in [3.8, 4) is 11.4 Å². The molecule has 180 valence electrons. The maximum atomic E-state index is 13.7. The van der Waals surface area contributed by atoms with E-state index in [4.69, 9.17) is 32.9 Å². The topological polar surface area (TPSA) is 72.3 Å². The highest BCUT2D eigenvalue weighted by Gasteiger charge is 2.35. The minimum atomic E-state index is -0.123. The van der Waals surface area contributed by atoms with E-state index in [-0.39, 0.29) is 17.7 Å². The number of rotatable bonds is 8. The van der Waals surface area contributed by atoms with Crippen LogP contribution in [0.1, 0.15) is 26.5 Å². The summed E-state index contributed by atoms with van der Waals surface area (Å²) < 4.78 is 7.69. The fourth-order valence-electron chi connectivity index (χ4n) is 4.38. The fraction of sp³-hybridized carbons (Fsp3) is 0.400. The van der Waals surface area contributed by atoms with Crippen LogP contribution in [0.3, 0.4) is 0 Å². The molecule has 1 fully saturated rings. The number of ether oxygens (including phenoxy) is 1. The first kappa shape index (κ1) is 24.5. The summed E-state index contributed by atoms with van der Waals surface area (Å²) in [7, 11) is 0. The summed E-state index contributed by atoms with van der Waals surface area (Å²) in [5.41, 5.74) is 1.76. The van der Waals surface area contributed by atoms with Crippen molar-refractivity contribution in [2.45, 2.75) is 45.9 Å². The van der Waals surface area contributed by atoms with Crippen molar-refractivity contribution in [1.82, 2.24) is 14.5 Å². The van der Waals surface area contributed by atoms with Gasteiger partial charge in [-0.05, 0) is 50.6 Å². The predicted molar refractivity (Wildman–Crippen MR) is 138 cm³/mol. The SMILES string of the molecule is CCOC1CN(c2ccccn2)CC1Nc1c(CC)nc(-c2ccc(Cl)cc2Cl)n(CC)c1=O. The van der Waals surface area contributed by atoms with E-state index in [1.54, 1.807) is 29.0 Å². The number of halogens is 2. The smallest absolute Gasteiger partial charge is 0.277 e. The number of anilines is 2. The maximum absolute atomic E-state index is 13.7. The van der Waals surface area contributed by atoms with Crippen LogP contribution in [0.15, 0.2) is 47.4 Å². The lowest BCUT2D eigenvalue weighted by Gasteiger charge is -2.23. The third-order valence-corrected chi connectivity index (χ3v) is 6.57. The van der Waals surface area contributed by atoms with Crippen LogP contribution in [0.25, 0.3) is 11.4 Å². The highest BCUT2D eigenvalue weighted by molar-refractivity contribution is 6.36. The Kier molecular flexibility index (Phi) is 7.76. The highest BCUT2D eigenvalue weighted by Crippen LogP contribution is 2.30. The Labute approximate surface area is 209 Å². The molecule has 2 aromatic heterocycles. The Morgan fingerprint density at radius 2 is 1.97 bits per heavy atom. The molecule has 2 unspecified atom stereocenters. The third kappa shape index (κ3) is 4.92. The predicted octanol–water partition coefficient (Wildman–Crippen LogP) is 4.90. The van der Waals surface area contributed by atoms with E-state index >= 15 is 0 Å². The van der Waals surface area contributed by atoms with E-state index in [2.05, 4.69) is 15.2 Å². The normalized spacial score (nSPS) is 17.9. The number of benzene rings is 1. The second-order valence-corrected chi connectivity index (χ2v) is 8.97. The molecular weight excluding hydrogens is 473 g/mol. The standard InChI is InChI=1S/C25H29Cl2N5O2/c1-4-19-23(25(33)32(5-2)24(30-19)17-11-10-16(26)13-18(17)27)29-20-14-31(15-21(20)34-6-3)22-9-7-8-12-28-22/h7-13,20-21,29H,4-6,14-15H2,1-3H3. The first-order chi connectivity index (χ1) is 16.5. The van der Waals surface area contributed by atoms with Gasteiger partial charge in [-0.2, -0.15) is 0 Å². The van der Waals surface area contributed by atoms with E-state index in [1.165, 1.54) is 0 Å². The molecule has 0 spiro atoms. The lowest BCUT2D eigenvalue weighted by molar-refractivity contribution is 0.0719. The van der Waals surface area contributed by atoms with Crippen molar-refractivity contribution in [3.05, 3.63) is 68.7 Å². The van der Waals surface area contributed by atoms with Crippen LogP contribution in [-0.4, -0.2) is 46.4 Å². The molecule has 0 amide bonds. The molecule has 7 nitrogen and oxygen atoms in total. The molecule has 3 aromatic rings. The summed E-state index contributed by atoms with van der Waals surface area (Å²) in [4.78, 5) is 25.2. The highest BCUT2D eigenvalue weighted by atomic mass is 35.5. The minimum Gasteiger partial charge on any atom is -0.374 e. The summed E-state index contributed by atoms with van der Waals surface area (Å²) >= 11 is 12.5. The summed E-state index contributed by atoms with van der Waals surface area (Å²) in [6.45, 7) is 8.30. The molecule has 1 aliphatic heterocycles. The monoisotopic (exact) mass is 501 g/mol. The van der Waals surface area contributed by atoms with Crippen LogP contribution in [-0.2, 0) is 17.7 Å². The van der Waals surface area contributed by atoms with Crippen LogP contribution in [0, 0.1) is 0 Å². The van der Waals surface area contributed by atoms with Gasteiger partial charge in [-0.25, -0.2) is 9.97 Å². The van der Waals surface area contributed by atoms with Gasteiger partial charge in [0.05, 0.1) is 22.9 Å². The number of nitrogens with one attached hydrogen (secondary N) is 1. The molecule has 34 heavy (non-hydrogen) atoms. The number of aromatic nitrogens is 3. The van der Waals surface area contributed by atoms with Crippen molar-refractivity contribution < 1.29 is 4.74 Å². The van der Waals surface area contributed by atoms with Gasteiger partial charge in [-0.1, -0.05) is 36.2 Å². The van der Waals surface area contributed by atoms with E-state index in [0.29, 0.717) is 65.5 Å². The first-order valence-electron chi connectivity index (χ1n) is 11.6. The van der Waals surface area contributed by atoms with Crippen LogP contribution < -0.4 is 15.8 Å². The van der Waals surface area contributed by atoms with Crippen LogP contribution in [0.4, 0.5) is 11.5 Å². The van der Waals surface area contributed by atoms with Gasteiger partial charge in [0.1, 0.15) is 17.3 Å². The average Bonchev–Trinajstić information content (AvgIpc) is 3.23. The zero-order valence-corrected chi connectivity index (χ0v) is 21.1. The first-order valence-corrected chi connectivity index (χ1v) is 12.4. The largest absolute Gasteiger partial charge is 0.374 e. The van der Waals surface area contributed by atoms with Gasteiger partial charge in [0.2, 0.25) is 0 Å². The van der Waals surface area contributed by atoms with Crippen molar-refractivity contribution in [2.75, 3.05) is 29.9 Å². The molecule has 4 rings (SSSR count). The maximum Gasteiger partial charge on any atom is 0.277 e. The number of pyridine rings is 1. The van der Waals surface area contributed by atoms with Gasteiger partial charge in [0, 0.05) is 43.0 Å². The van der Waals surface area contributed by atoms with E-state index in [1.807, 2.05) is 39.0 Å². The van der Waals surface area contributed by atoms with Crippen molar-refractivity contribution in [1.29, 1.82) is 0 Å². The summed E-state index contributed by atoms with van der Waals surface area (Å²) in [6, 6.07) is 11.0. The minimum absolute atomic E-state index is 0.0861. The Hall–Kier alpha value is -2.61. The molecule has 9 heteroatoms. The molecule has 1 aromatic carbocycles. The van der Waals surface area contributed by atoms with Crippen molar-refractivity contribution in [3.63, 3.8) is 0 Å². The van der Waals surface area contributed by atoms with Crippen molar-refractivity contribution in [2.24, 2.45) is 0 Å². The number of nitrogens with zero attached hydrogens (tertiary/aromatic N) is 4. The molecule has 1 aliphatic rings. The third-order valence-electron chi connectivity index (χ3n) is 6.02. The summed E-state index contributed by atoms with van der Waals surface area (Å²) in [5, 5.41) is 4.49. The molecule has 1 saturated heterocycles. The average molecular weight is 502 g/mol.